The zero-order chi connectivity index (χ0) is 28.8. The van der Waals surface area contributed by atoms with Gasteiger partial charge in [0.1, 0.15) is 5.79 Å². The van der Waals surface area contributed by atoms with Crippen LogP contribution in [-0.4, -0.2) is 96.7 Å². The summed E-state index contributed by atoms with van der Waals surface area (Å²) in [4.78, 5) is 0. The van der Waals surface area contributed by atoms with Crippen molar-refractivity contribution in [2.75, 3.05) is 46.4 Å². The van der Waals surface area contributed by atoms with Gasteiger partial charge in [0, 0.05) is 37.8 Å². The molecule has 11 heteroatoms. The maximum atomic E-state index is 7.00. The molecule has 243 valence electrons. The Morgan fingerprint density at radius 1 is 0.791 bits per heavy atom. The largest absolute Gasteiger partial charge is 2.00 e. The molecule has 3 N–H and O–H groups in total. The van der Waals surface area contributed by atoms with E-state index < -0.39 is 5.79 Å². The van der Waals surface area contributed by atoms with Crippen LogP contribution in [0.2, 0.25) is 0 Å². The van der Waals surface area contributed by atoms with Crippen molar-refractivity contribution >= 4 is 0 Å². The predicted molar refractivity (Wildman–Crippen MR) is 168 cm³/mol. The molecule has 6 heterocycles. The number of aliphatic hydroxyl groups excluding tert-OH is 1. The molecule has 6 aliphatic rings. The zero-order valence-corrected chi connectivity index (χ0v) is 26.7. The van der Waals surface area contributed by atoms with Gasteiger partial charge in [-0.15, -0.1) is 25.2 Å². The molecule has 6 unspecified atom stereocenters. The maximum Gasteiger partial charge on any atom is 2.00 e. The van der Waals surface area contributed by atoms with Crippen molar-refractivity contribution in [1.29, 1.82) is 0 Å². The van der Waals surface area contributed by atoms with Gasteiger partial charge in [0.25, 0.3) is 0 Å². The number of nitrogens with one attached hydrogen (secondary N) is 2. The third-order valence-corrected chi connectivity index (χ3v) is 10.0. The van der Waals surface area contributed by atoms with Crippen LogP contribution >= 0.6 is 0 Å². The topological polar surface area (TPSA) is 110 Å². The minimum Gasteiger partial charge on any atom is -0.661 e. The van der Waals surface area contributed by atoms with Crippen LogP contribution < -0.4 is 10.7 Å². The Morgan fingerprint density at radius 2 is 1.58 bits per heavy atom. The van der Waals surface area contributed by atoms with Gasteiger partial charge in [-0.05, 0) is 32.4 Å². The standard InChI is InChI=1S/C31H47N9.CH4O.Cu/c1-2-10-24(11-3-1)31(38-21-15-28(35-38)25-12-4-7-18-32-25,39-22-16-29(36-39)26-13-5-8-19-33-26)40-23-17-30(37-40)27-14-6-9-20-34-27;1-2;/h1-3,10-11,15,25-27,29-30,33,36H,4-9,12-14,16-23H2;2H,1H3;/q-4;;+2. The van der Waals surface area contributed by atoms with E-state index in [0.717, 1.165) is 71.3 Å². The van der Waals surface area contributed by atoms with E-state index in [2.05, 4.69) is 62.2 Å². The van der Waals surface area contributed by atoms with E-state index in [1.807, 2.05) is 0 Å². The van der Waals surface area contributed by atoms with Crippen molar-refractivity contribution in [2.24, 2.45) is 0 Å². The second-order valence-electron chi connectivity index (χ2n) is 12.5. The summed E-state index contributed by atoms with van der Waals surface area (Å²) in [6.07, 6.45) is 15.6. The molecule has 10 nitrogen and oxygen atoms in total. The number of nitrogens with zero attached hydrogens (tertiary/aromatic N) is 7. The molecule has 1 radical (unpaired) electrons. The monoisotopic (exact) mass is 640 g/mol. The molecule has 0 spiro atoms. The molecule has 7 rings (SSSR count). The number of benzene rings is 1. The molecule has 0 aliphatic carbocycles. The molecule has 0 aromatic heterocycles. The molecule has 5 fully saturated rings. The van der Waals surface area contributed by atoms with Gasteiger partial charge >= 0.3 is 17.1 Å². The molecule has 1 aromatic rings. The van der Waals surface area contributed by atoms with Crippen molar-refractivity contribution in [1.82, 2.24) is 25.8 Å². The van der Waals surface area contributed by atoms with Gasteiger partial charge < -0.3 is 41.9 Å². The molecule has 0 amide bonds. The fraction of sp³-hybridized carbons (Fsp3) is 0.750. The fourth-order valence-electron chi connectivity index (χ4n) is 7.90. The first-order chi connectivity index (χ1) is 20.8. The van der Waals surface area contributed by atoms with E-state index in [1.165, 1.54) is 56.9 Å². The van der Waals surface area contributed by atoms with Crippen molar-refractivity contribution in [3.05, 3.63) is 69.2 Å². The number of hydrogen-bond donors (Lipinski definition) is 3. The molecule has 43 heavy (non-hydrogen) atoms. The van der Waals surface area contributed by atoms with Crippen LogP contribution in [0, 0.1) is 0 Å². The van der Waals surface area contributed by atoms with Crippen LogP contribution in [0.3, 0.4) is 0 Å². The second kappa shape index (κ2) is 16.0. The Balaban J connectivity index is 0.00000120. The van der Waals surface area contributed by atoms with Crippen LogP contribution in [0.25, 0.3) is 21.5 Å². The molecule has 6 aliphatic heterocycles. The summed E-state index contributed by atoms with van der Waals surface area (Å²) < 4.78 is 0. The third kappa shape index (κ3) is 7.03. The van der Waals surface area contributed by atoms with Crippen LogP contribution in [0.1, 0.15) is 76.2 Å². The summed E-state index contributed by atoms with van der Waals surface area (Å²) in [5, 5.41) is 28.0. The minimum atomic E-state index is -0.638. The Morgan fingerprint density at radius 3 is 2.30 bits per heavy atom. The second-order valence-corrected chi connectivity index (χ2v) is 12.5. The van der Waals surface area contributed by atoms with E-state index in [0.29, 0.717) is 18.1 Å². The molecule has 6 atom stereocenters. The third-order valence-electron chi connectivity index (χ3n) is 10.0. The summed E-state index contributed by atoms with van der Waals surface area (Å²) in [5.41, 5.74) is 17.3. The van der Waals surface area contributed by atoms with Crippen LogP contribution in [0.5, 0.6) is 0 Å². The van der Waals surface area contributed by atoms with Crippen LogP contribution in [-0.2, 0) is 22.9 Å². The van der Waals surface area contributed by atoms with Crippen molar-refractivity contribution < 1.29 is 22.2 Å². The van der Waals surface area contributed by atoms with Gasteiger partial charge in [-0.1, -0.05) is 87.8 Å². The van der Waals surface area contributed by atoms with E-state index in [-0.39, 0.29) is 29.2 Å². The summed E-state index contributed by atoms with van der Waals surface area (Å²) in [6.45, 7) is 5.71. The Labute approximate surface area is 269 Å². The molecule has 0 bridgehead atoms. The van der Waals surface area contributed by atoms with Gasteiger partial charge in [0.2, 0.25) is 0 Å². The molecule has 0 saturated carbocycles. The summed E-state index contributed by atoms with van der Waals surface area (Å²) in [6, 6.07) is 12.8. The average Bonchev–Trinajstić information content (AvgIpc) is 3.87. The van der Waals surface area contributed by atoms with E-state index in [9.17, 15) is 0 Å². The van der Waals surface area contributed by atoms with E-state index in [1.54, 1.807) is 0 Å². The van der Waals surface area contributed by atoms with Gasteiger partial charge in [-0.25, -0.2) is 10.4 Å². The van der Waals surface area contributed by atoms with Gasteiger partial charge in [0.15, 0.2) is 0 Å². The molecule has 1 aromatic carbocycles. The maximum absolute atomic E-state index is 7.00. The SMILES string of the molecule is C1=C(C2CCCC[N-]2)[N-]N(C(c2ccccc2)(N2CCC(C3CCCC[N-]3)[N-]2)N2CCC(C3CCCCN3)N2)C1.CO.[Cu+2]. The van der Waals surface area contributed by atoms with Crippen molar-refractivity contribution in [3.8, 4) is 0 Å². The van der Waals surface area contributed by atoms with Crippen LogP contribution in [0.4, 0.5) is 0 Å². The normalized spacial score (nSPS) is 33.9. The number of piperidine rings is 3. The van der Waals surface area contributed by atoms with Gasteiger partial charge in [-0.2, -0.15) is 11.7 Å². The minimum absolute atomic E-state index is 0. The summed E-state index contributed by atoms with van der Waals surface area (Å²) in [5.74, 6) is -0.638. The van der Waals surface area contributed by atoms with Gasteiger partial charge in [0.05, 0.1) is 0 Å². The first-order valence-electron chi connectivity index (χ1n) is 16.6. The smallest absolute Gasteiger partial charge is 0.661 e. The summed E-state index contributed by atoms with van der Waals surface area (Å²) >= 11 is 0. The zero-order valence-electron chi connectivity index (χ0n) is 25.8. The summed E-state index contributed by atoms with van der Waals surface area (Å²) in [7, 11) is 1.00. The molecular formula is C32H51CuN9O-2. The quantitative estimate of drug-likeness (QED) is 0.369. The van der Waals surface area contributed by atoms with Gasteiger partial charge in [-0.3, -0.25) is 0 Å². The Kier molecular flexibility index (Phi) is 12.4. The van der Waals surface area contributed by atoms with E-state index >= 15 is 0 Å². The number of aliphatic hydroxyl groups is 1. The Bertz CT molecular complexity index is 956. The number of hydrazine groups is 1. The molecule has 5 saturated heterocycles. The van der Waals surface area contributed by atoms with Crippen molar-refractivity contribution in [2.45, 2.75) is 107 Å². The first kappa shape index (κ1) is 33.3. The Hall–Kier alpha value is -1.08. The van der Waals surface area contributed by atoms with Crippen LogP contribution in [0.15, 0.2) is 42.1 Å². The number of hydrogen-bond acceptors (Lipinski definition) is 6. The number of rotatable bonds is 7. The average molecular weight is 641 g/mol. The first-order valence-corrected chi connectivity index (χ1v) is 16.6. The predicted octanol–water partition coefficient (Wildman–Crippen LogP) is 4.83. The fourth-order valence-corrected chi connectivity index (χ4v) is 7.90. The molecular weight excluding hydrogens is 590 g/mol. The van der Waals surface area contributed by atoms with E-state index in [4.69, 9.17) is 26.6 Å². The van der Waals surface area contributed by atoms with Crippen molar-refractivity contribution in [3.63, 3.8) is 0 Å².